The Balaban J connectivity index is 3.80. The minimum Gasteiger partial charge on any atom is -0.390 e. The first-order valence-electron chi connectivity index (χ1n) is 4.11. The van der Waals surface area contributed by atoms with Crippen LogP contribution in [0.15, 0.2) is 12.2 Å². The quantitative estimate of drug-likeness (QED) is 0.609. The molecule has 0 aromatic heterocycles. The summed E-state index contributed by atoms with van der Waals surface area (Å²) < 4.78 is 0. The van der Waals surface area contributed by atoms with E-state index in [4.69, 9.17) is 0 Å². The van der Waals surface area contributed by atoms with E-state index in [1.54, 1.807) is 0 Å². The summed E-state index contributed by atoms with van der Waals surface area (Å²) in [6.07, 6.45) is 4.90. The van der Waals surface area contributed by atoms with Crippen LogP contribution in [0.1, 0.15) is 41.0 Å². The maximum atomic E-state index is 9.36. The molecule has 1 nitrogen and oxygen atoms in total. The van der Waals surface area contributed by atoms with E-state index in [1.807, 2.05) is 19.9 Å². The molecule has 1 heteroatoms. The number of hydrogen-bond donors (Lipinski definition) is 1. The second kappa shape index (κ2) is 3.40. The summed E-state index contributed by atoms with van der Waals surface area (Å²) >= 11 is 0. The Bertz CT molecular complexity index is 132. The Morgan fingerprint density at radius 1 is 1.09 bits per heavy atom. The molecular formula is C10H20O. The van der Waals surface area contributed by atoms with Crippen molar-refractivity contribution in [3.05, 3.63) is 12.2 Å². The van der Waals surface area contributed by atoms with Gasteiger partial charge in [-0.3, -0.25) is 0 Å². The zero-order valence-corrected chi connectivity index (χ0v) is 8.31. The van der Waals surface area contributed by atoms with Crippen molar-refractivity contribution in [3.8, 4) is 0 Å². The van der Waals surface area contributed by atoms with E-state index in [0.717, 1.165) is 6.42 Å². The maximum Gasteiger partial charge on any atom is 0.0626 e. The summed E-state index contributed by atoms with van der Waals surface area (Å²) in [5.41, 5.74) is -0.340. The van der Waals surface area contributed by atoms with Gasteiger partial charge in [-0.05, 0) is 25.7 Å². The predicted octanol–water partition coefficient (Wildman–Crippen LogP) is 2.75. The monoisotopic (exact) mass is 156 g/mol. The summed E-state index contributed by atoms with van der Waals surface area (Å²) in [6, 6.07) is 0. The first-order chi connectivity index (χ1) is 4.71. The molecule has 0 saturated carbocycles. The van der Waals surface area contributed by atoms with Crippen molar-refractivity contribution in [2.24, 2.45) is 5.41 Å². The molecule has 0 saturated heterocycles. The highest BCUT2D eigenvalue weighted by molar-refractivity contribution is 4.94. The number of aliphatic hydroxyl groups is 1. The Hall–Kier alpha value is -0.300. The molecule has 0 unspecified atom stereocenters. The lowest BCUT2D eigenvalue weighted by Gasteiger charge is -2.16. The number of allylic oxidation sites excluding steroid dienone is 1. The van der Waals surface area contributed by atoms with Gasteiger partial charge in [-0.15, -0.1) is 0 Å². The summed E-state index contributed by atoms with van der Waals surface area (Å²) in [4.78, 5) is 0. The van der Waals surface area contributed by atoms with Crippen molar-refractivity contribution in [3.63, 3.8) is 0 Å². The van der Waals surface area contributed by atoms with Gasteiger partial charge in [0.2, 0.25) is 0 Å². The lowest BCUT2D eigenvalue weighted by atomic mass is 9.94. The summed E-state index contributed by atoms with van der Waals surface area (Å²) in [6.45, 7) is 10.1. The fourth-order valence-corrected chi connectivity index (χ4v) is 0.701. The molecule has 0 aliphatic carbocycles. The molecule has 0 amide bonds. The molecule has 0 rings (SSSR count). The van der Waals surface area contributed by atoms with Crippen LogP contribution in [0.4, 0.5) is 0 Å². The number of rotatable bonds is 2. The fraction of sp³-hybridized carbons (Fsp3) is 0.800. The first kappa shape index (κ1) is 10.7. The molecule has 0 bridgehead atoms. The van der Waals surface area contributed by atoms with Gasteiger partial charge in [0, 0.05) is 0 Å². The molecular weight excluding hydrogens is 136 g/mol. The second-order valence-electron chi connectivity index (χ2n) is 4.78. The van der Waals surface area contributed by atoms with Gasteiger partial charge in [0.15, 0.2) is 0 Å². The Morgan fingerprint density at radius 3 is 1.82 bits per heavy atom. The normalized spacial score (nSPS) is 14.4. The summed E-state index contributed by atoms with van der Waals surface area (Å²) in [5.74, 6) is 0. The van der Waals surface area contributed by atoms with Gasteiger partial charge in [0.25, 0.3) is 0 Å². The molecule has 0 heterocycles. The van der Waals surface area contributed by atoms with E-state index in [9.17, 15) is 5.11 Å². The van der Waals surface area contributed by atoms with Gasteiger partial charge in [-0.2, -0.15) is 0 Å². The third kappa shape index (κ3) is 9.70. The van der Waals surface area contributed by atoms with Gasteiger partial charge in [0.05, 0.1) is 5.60 Å². The highest BCUT2D eigenvalue weighted by Crippen LogP contribution is 2.16. The average Bonchev–Trinajstić information content (AvgIpc) is 1.55. The second-order valence-corrected chi connectivity index (χ2v) is 4.78. The van der Waals surface area contributed by atoms with Crippen LogP contribution in [-0.4, -0.2) is 10.7 Å². The molecule has 0 fully saturated rings. The SMILES string of the molecule is CC(C)(C)/C=C/CC(C)(C)O. The standard InChI is InChI=1S/C10H20O/c1-9(2,3)7-6-8-10(4,5)11/h6-7,11H,8H2,1-5H3/b7-6+. The van der Waals surface area contributed by atoms with Crippen molar-refractivity contribution in [2.75, 3.05) is 0 Å². The third-order valence-corrected chi connectivity index (χ3v) is 1.24. The van der Waals surface area contributed by atoms with Crippen LogP contribution in [0.2, 0.25) is 0 Å². The largest absolute Gasteiger partial charge is 0.390 e. The Morgan fingerprint density at radius 2 is 1.55 bits per heavy atom. The smallest absolute Gasteiger partial charge is 0.0626 e. The molecule has 0 spiro atoms. The van der Waals surface area contributed by atoms with Gasteiger partial charge < -0.3 is 5.11 Å². The fourth-order valence-electron chi connectivity index (χ4n) is 0.701. The van der Waals surface area contributed by atoms with E-state index >= 15 is 0 Å². The lowest BCUT2D eigenvalue weighted by molar-refractivity contribution is 0.0837. The van der Waals surface area contributed by atoms with Gasteiger partial charge in [-0.25, -0.2) is 0 Å². The summed E-state index contributed by atoms with van der Waals surface area (Å²) in [7, 11) is 0. The van der Waals surface area contributed by atoms with Crippen molar-refractivity contribution >= 4 is 0 Å². The minimum absolute atomic E-state index is 0.227. The van der Waals surface area contributed by atoms with Crippen LogP contribution in [0, 0.1) is 5.41 Å². The van der Waals surface area contributed by atoms with Crippen LogP contribution in [-0.2, 0) is 0 Å². The van der Waals surface area contributed by atoms with Crippen LogP contribution < -0.4 is 0 Å². The highest BCUT2D eigenvalue weighted by atomic mass is 16.3. The van der Waals surface area contributed by atoms with Crippen LogP contribution in [0.5, 0.6) is 0 Å². The summed E-state index contributed by atoms with van der Waals surface area (Å²) in [5, 5.41) is 9.36. The molecule has 66 valence electrons. The molecule has 1 N–H and O–H groups in total. The lowest BCUT2D eigenvalue weighted by Crippen LogP contribution is -2.16. The third-order valence-electron chi connectivity index (χ3n) is 1.24. The van der Waals surface area contributed by atoms with Crippen LogP contribution in [0.25, 0.3) is 0 Å². The average molecular weight is 156 g/mol. The Labute approximate surface area is 70.1 Å². The van der Waals surface area contributed by atoms with E-state index in [1.165, 1.54) is 0 Å². The maximum absolute atomic E-state index is 9.36. The topological polar surface area (TPSA) is 20.2 Å². The zero-order chi connectivity index (χ0) is 9.12. The van der Waals surface area contributed by atoms with Gasteiger partial charge >= 0.3 is 0 Å². The van der Waals surface area contributed by atoms with Crippen molar-refractivity contribution in [1.29, 1.82) is 0 Å². The van der Waals surface area contributed by atoms with E-state index in [2.05, 4.69) is 26.8 Å². The minimum atomic E-state index is -0.568. The van der Waals surface area contributed by atoms with Gasteiger partial charge in [-0.1, -0.05) is 32.9 Å². The van der Waals surface area contributed by atoms with E-state index < -0.39 is 5.60 Å². The molecule has 0 aliphatic rings. The van der Waals surface area contributed by atoms with Crippen molar-refractivity contribution in [2.45, 2.75) is 46.6 Å². The predicted molar refractivity (Wildman–Crippen MR) is 49.5 cm³/mol. The zero-order valence-electron chi connectivity index (χ0n) is 8.31. The number of hydrogen-bond acceptors (Lipinski definition) is 1. The van der Waals surface area contributed by atoms with Crippen molar-refractivity contribution in [1.82, 2.24) is 0 Å². The molecule has 0 atom stereocenters. The highest BCUT2D eigenvalue weighted by Gasteiger charge is 2.10. The molecule has 0 aromatic carbocycles. The van der Waals surface area contributed by atoms with E-state index in [0.29, 0.717) is 0 Å². The van der Waals surface area contributed by atoms with Crippen LogP contribution >= 0.6 is 0 Å². The molecule has 0 aliphatic heterocycles. The first-order valence-corrected chi connectivity index (χ1v) is 4.11. The molecule has 11 heavy (non-hydrogen) atoms. The molecule has 0 aromatic rings. The van der Waals surface area contributed by atoms with Gasteiger partial charge in [0.1, 0.15) is 0 Å². The Kier molecular flexibility index (Phi) is 3.30. The molecule has 0 radical (unpaired) electrons. The van der Waals surface area contributed by atoms with E-state index in [-0.39, 0.29) is 5.41 Å². The van der Waals surface area contributed by atoms with Crippen LogP contribution in [0.3, 0.4) is 0 Å². The van der Waals surface area contributed by atoms with Crippen molar-refractivity contribution < 1.29 is 5.11 Å².